The fourth-order valence-corrected chi connectivity index (χ4v) is 2.91. The summed E-state index contributed by atoms with van der Waals surface area (Å²) in [6, 6.07) is 17.8. The van der Waals surface area contributed by atoms with E-state index in [4.69, 9.17) is 5.26 Å². The second-order valence-electron chi connectivity index (χ2n) is 5.28. The van der Waals surface area contributed by atoms with Crippen LogP contribution < -0.4 is 0 Å². The van der Waals surface area contributed by atoms with Crippen molar-refractivity contribution in [2.45, 2.75) is 0 Å². The summed E-state index contributed by atoms with van der Waals surface area (Å²) >= 11 is 0. The molecule has 0 unspecified atom stereocenters. The van der Waals surface area contributed by atoms with Crippen molar-refractivity contribution in [1.29, 1.82) is 5.26 Å². The average molecular weight is 283 g/mol. The fraction of sp³-hybridized carbons (Fsp3) is 0. The molecule has 0 saturated carbocycles. The number of benzene rings is 3. The molecule has 3 heteroatoms. The van der Waals surface area contributed by atoms with Crippen LogP contribution in [0.2, 0.25) is 0 Å². The van der Waals surface area contributed by atoms with Crippen LogP contribution in [0.3, 0.4) is 0 Å². The number of rotatable bonds is 0. The summed E-state index contributed by atoms with van der Waals surface area (Å²) in [4.78, 5) is 25.4. The molecule has 0 spiro atoms. The minimum absolute atomic E-state index is 0.167. The van der Waals surface area contributed by atoms with E-state index in [9.17, 15) is 9.59 Å². The predicted molar refractivity (Wildman–Crippen MR) is 82.0 cm³/mol. The Labute approximate surface area is 126 Å². The molecule has 3 aromatic carbocycles. The zero-order valence-electron chi connectivity index (χ0n) is 11.5. The predicted octanol–water partition coefficient (Wildman–Crippen LogP) is 3.49. The maximum absolute atomic E-state index is 12.7. The quantitative estimate of drug-likeness (QED) is 0.496. The normalized spacial score (nSPS) is 12.7. The SMILES string of the molecule is N#Cc1ccc2c(c1)C(=O)c1cc3ccccc3cc1C2=O. The van der Waals surface area contributed by atoms with Gasteiger partial charge in [0.1, 0.15) is 0 Å². The molecule has 0 atom stereocenters. The molecule has 22 heavy (non-hydrogen) atoms. The van der Waals surface area contributed by atoms with Gasteiger partial charge in [0.25, 0.3) is 0 Å². The minimum atomic E-state index is -0.201. The molecular formula is C19H9NO2. The highest BCUT2D eigenvalue weighted by atomic mass is 16.1. The Morgan fingerprint density at radius 2 is 1.23 bits per heavy atom. The Balaban J connectivity index is 2.04. The molecule has 1 aliphatic carbocycles. The maximum atomic E-state index is 12.7. The van der Waals surface area contributed by atoms with Crippen molar-refractivity contribution in [3.63, 3.8) is 0 Å². The lowest BCUT2D eigenvalue weighted by atomic mass is 9.82. The first kappa shape index (κ1) is 12.5. The van der Waals surface area contributed by atoms with Crippen LogP contribution >= 0.6 is 0 Å². The summed E-state index contributed by atoms with van der Waals surface area (Å²) < 4.78 is 0. The molecular weight excluding hydrogens is 274 g/mol. The van der Waals surface area contributed by atoms with E-state index in [-0.39, 0.29) is 11.6 Å². The molecule has 102 valence electrons. The van der Waals surface area contributed by atoms with Crippen molar-refractivity contribution < 1.29 is 9.59 Å². The zero-order valence-corrected chi connectivity index (χ0v) is 11.5. The number of hydrogen-bond acceptors (Lipinski definition) is 3. The van der Waals surface area contributed by atoms with E-state index in [1.165, 1.54) is 6.07 Å². The van der Waals surface area contributed by atoms with Crippen LogP contribution in [0.4, 0.5) is 0 Å². The minimum Gasteiger partial charge on any atom is -0.289 e. The first-order valence-electron chi connectivity index (χ1n) is 6.85. The van der Waals surface area contributed by atoms with E-state index < -0.39 is 0 Å². The van der Waals surface area contributed by atoms with Gasteiger partial charge in [0.15, 0.2) is 11.6 Å². The van der Waals surface area contributed by atoms with Gasteiger partial charge >= 0.3 is 0 Å². The molecule has 0 saturated heterocycles. The first-order valence-corrected chi connectivity index (χ1v) is 6.85. The van der Waals surface area contributed by atoms with Gasteiger partial charge in [0.2, 0.25) is 0 Å². The van der Waals surface area contributed by atoms with Gasteiger partial charge < -0.3 is 0 Å². The number of nitriles is 1. The van der Waals surface area contributed by atoms with Crippen molar-refractivity contribution in [2.24, 2.45) is 0 Å². The van der Waals surface area contributed by atoms with Crippen LogP contribution in [0.5, 0.6) is 0 Å². The molecule has 4 rings (SSSR count). The molecule has 0 fully saturated rings. The summed E-state index contributed by atoms with van der Waals surface area (Å²) in [6.07, 6.45) is 0. The van der Waals surface area contributed by atoms with E-state index in [1.54, 1.807) is 24.3 Å². The maximum Gasteiger partial charge on any atom is 0.194 e. The molecule has 3 aromatic rings. The van der Waals surface area contributed by atoms with Crippen molar-refractivity contribution in [3.8, 4) is 6.07 Å². The van der Waals surface area contributed by atoms with Crippen LogP contribution in [0.25, 0.3) is 10.8 Å². The number of nitrogens with zero attached hydrogens (tertiary/aromatic N) is 1. The standard InChI is InChI=1S/C19H9NO2/c20-10-11-5-6-14-15(7-11)19(22)17-9-13-4-2-1-3-12(13)8-16(17)18(14)21/h1-9H. The molecule has 0 heterocycles. The Bertz CT molecular complexity index is 1030. The molecule has 0 radical (unpaired) electrons. The second-order valence-corrected chi connectivity index (χ2v) is 5.28. The molecule has 0 amide bonds. The van der Waals surface area contributed by atoms with Crippen LogP contribution in [-0.4, -0.2) is 11.6 Å². The summed E-state index contributed by atoms with van der Waals surface area (Å²) in [5.74, 6) is -0.368. The molecule has 3 nitrogen and oxygen atoms in total. The van der Waals surface area contributed by atoms with E-state index in [0.717, 1.165) is 10.8 Å². The Kier molecular flexibility index (Phi) is 2.48. The number of carbonyl (C=O) groups excluding carboxylic acids is 2. The largest absolute Gasteiger partial charge is 0.289 e. The van der Waals surface area contributed by atoms with Gasteiger partial charge in [-0.1, -0.05) is 24.3 Å². The summed E-state index contributed by atoms with van der Waals surface area (Å²) in [5.41, 5.74) is 1.90. The highest BCUT2D eigenvalue weighted by Gasteiger charge is 2.30. The Morgan fingerprint density at radius 3 is 1.82 bits per heavy atom. The molecule has 0 aromatic heterocycles. The summed E-state index contributed by atoms with van der Waals surface area (Å²) in [6.45, 7) is 0. The Morgan fingerprint density at radius 1 is 0.682 bits per heavy atom. The highest BCUT2D eigenvalue weighted by molar-refractivity contribution is 6.29. The monoisotopic (exact) mass is 283 g/mol. The van der Waals surface area contributed by atoms with E-state index in [2.05, 4.69) is 0 Å². The summed E-state index contributed by atoms with van der Waals surface area (Å²) in [7, 11) is 0. The zero-order chi connectivity index (χ0) is 15.3. The lowest BCUT2D eigenvalue weighted by Gasteiger charge is -2.18. The molecule has 0 aliphatic heterocycles. The van der Waals surface area contributed by atoms with Crippen LogP contribution in [0, 0.1) is 11.3 Å². The van der Waals surface area contributed by atoms with Crippen LogP contribution in [0.15, 0.2) is 54.6 Å². The van der Waals surface area contributed by atoms with Crippen molar-refractivity contribution in [1.82, 2.24) is 0 Å². The van der Waals surface area contributed by atoms with Gasteiger partial charge in [-0.25, -0.2) is 0 Å². The number of hydrogen-bond donors (Lipinski definition) is 0. The van der Waals surface area contributed by atoms with Crippen molar-refractivity contribution in [2.75, 3.05) is 0 Å². The Hall–Kier alpha value is -3.25. The van der Waals surface area contributed by atoms with E-state index >= 15 is 0 Å². The lowest BCUT2D eigenvalue weighted by molar-refractivity contribution is 0.0979. The van der Waals surface area contributed by atoms with Gasteiger partial charge in [-0.15, -0.1) is 0 Å². The third-order valence-corrected chi connectivity index (χ3v) is 4.01. The van der Waals surface area contributed by atoms with Gasteiger partial charge in [-0.3, -0.25) is 9.59 Å². The number of ketones is 2. The number of carbonyl (C=O) groups is 2. The number of fused-ring (bicyclic) bond motifs is 3. The highest BCUT2D eigenvalue weighted by Crippen LogP contribution is 2.31. The molecule has 0 bridgehead atoms. The van der Waals surface area contributed by atoms with Crippen LogP contribution in [0.1, 0.15) is 37.4 Å². The third kappa shape index (κ3) is 1.61. The smallest absolute Gasteiger partial charge is 0.194 e. The van der Waals surface area contributed by atoms with E-state index in [0.29, 0.717) is 27.8 Å². The molecule has 0 N–H and O–H groups in total. The average Bonchev–Trinajstić information content (AvgIpc) is 2.58. The van der Waals surface area contributed by atoms with Gasteiger partial charge in [-0.2, -0.15) is 5.26 Å². The lowest BCUT2D eigenvalue weighted by Crippen LogP contribution is -2.21. The summed E-state index contributed by atoms with van der Waals surface area (Å²) in [5, 5.41) is 10.8. The molecule has 1 aliphatic rings. The fourth-order valence-electron chi connectivity index (χ4n) is 2.91. The van der Waals surface area contributed by atoms with Crippen molar-refractivity contribution >= 4 is 22.3 Å². The third-order valence-electron chi connectivity index (χ3n) is 4.01. The van der Waals surface area contributed by atoms with Crippen molar-refractivity contribution in [3.05, 3.63) is 82.4 Å². The second kappa shape index (κ2) is 4.37. The van der Waals surface area contributed by atoms with Gasteiger partial charge in [0, 0.05) is 22.3 Å². The van der Waals surface area contributed by atoms with Gasteiger partial charge in [-0.05, 0) is 41.1 Å². The van der Waals surface area contributed by atoms with E-state index in [1.807, 2.05) is 30.3 Å². The van der Waals surface area contributed by atoms with Gasteiger partial charge in [0.05, 0.1) is 11.6 Å². The first-order chi connectivity index (χ1) is 10.7. The van der Waals surface area contributed by atoms with Crippen LogP contribution in [-0.2, 0) is 0 Å². The topological polar surface area (TPSA) is 57.9 Å².